The summed E-state index contributed by atoms with van der Waals surface area (Å²) in [6, 6.07) is 15.5. The molecule has 0 heterocycles. The lowest BCUT2D eigenvalue weighted by molar-refractivity contribution is -0.0264. The quantitative estimate of drug-likeness (QED) is 0.650. The highest BCUT2D eigenvalue weighted by atomic mass is 16.5. The summed E-state index contributed by atoms with van der Waals surface area (Å²) in [6.45, 7) is 4.57. The number of hydrogen-bond acceptors (Lipinski definition) is 1. The first kappa shape index (κ1) is 15.6. The molecule has 2 aromatic rings. The largest absolute Gasteiger partial charge is 0.375 e. The molecule has 0 radical (unpaired) electrons. The van der Waals surface area contributed by atoms with Gasteiger partial charge < -0.3 is 4.74 Å². The van der Waals surface area contributed by atoms with Crippen LogP contribution in [0.4, 0.5) is 0 Å². The normalized spacial score (nSPS) is 19.2. The number of fused-ring (bicyclic) bond motifs is 1. The van der Waals surface area contributed by atoms with E-state index in [1.165, 1.54) is 48.4 Å². The Morgan fingerprint density at radius 3 is 2.45 bits per heavy atom. The molecule has 2 aromatic carbocycles. The fourth-order valence-electron chi connectivity index (χ4n) is 3.73. The van der Waals surface area contributed by atoms with Gasteiger partial charge in [0.2, 0.25) is 0 Å². The zero-order chi connectivity index (χ0) is 15.4. The second-order valence-electron chi connectivity index (χ2n) is 6.95. The molecule has 1 heteroatoms. The SMILES string of the molecule is CC(CC(C)c1ccc2ccccc2c1)OC1CCCCC1. The first-order chi connectivity index (χ1) is 10.7. The van der Waals surface area contributed by atoms with Crippen molar-refractivity contribution in [1.29, 1.82) is 0 Å². The molecule has 1 aliphatic carbocycles. The molecule has 1 aliphatic rings. The van der Waals surface area contributed by atoms with Gasteiger partial charge in [-0.25, -0.2) is 0 Å². The van der Waals surface area contributed by atoms with Crippen LogP contribution in [0.15, 0.2) is 42.5 Å². The van der Waals surface area contributed by atoms with Crippen molar-refractivity contribution in [2.24, 2.45) is 0 Å². The van der Waals surface area contributed by atoms with Crippen molar-refractivity contribution < 1.29 is 4.74 Å². The highest BCUT2D eigenvalue weighted by molar-refractivity contribution is 5.83. The molecule has 1 nitrogen and oxygen atoms in total. The standard InChI is InChI=1S/C21H28O/c1-16(14-17(2)22-21-10-4-3-5-11-21)19-13-12-18-8-6-7-9-20(18)15-19/h6-9,12-13,15-17,21H,3-5,10-11,14H2,1-2H3. The van der Waals surface area contributed by atoms with Crippen molar-refractivity contribution in [3.8, 4) is 0 Å². The Hall–Kier alpha value is -1.34. The Kier molecular flexibility index (Phi) is 5.15. The van der Waals surface area contributed by atoms with Gasteiger partial charge in [-0.1, -0.05) is 68.7 Å². The van der Waals surface area contributed by atoms with Crippen LogP contribution < -0.4 is 0 Å². The van der Waals surface area contributed by atoms with E-state index in [-0.39, 0.29) is 0 Å². The van der Waals surface area contributed by atoms with E-state index in [2.05, 4.69) is 56.3 Å². The second-order valence-corrected chi connectivity index (χ2v) is 6.95. The van der Waals surface area contributed by atoms with Gasteiger partial charge in [0.25, 0.3) is 0 Å². The summed E-state index contributed by atoms with van der Waals surface area (Å²) >= 11 is 0. The van der Waals surface area contributed by atoms with E-state index in [1.54, 1.807) is 0 Å². The zero-order valence-corrected chi connectivity index (χ0v) is 13.9. The third-order valence-electron chi connectivity index (χ3n) is 5.00. The summed E-state index contributed by atoms with van der Waals surface area (Å²) in [6.07, 6.45) is 8.56. The average Bonchev–Trinajstić information content (AvgIpc) is 2.55. The van der Waals surface area contributed by atoms with Crippen LogP contribution in [0, 0.1) is 0 Å². The van der Waals surface area contributed by atoms with Gasteiger partial charge in [-0.05, 0) is 48.4 Å². The molecule has 0 N–H and O–H groups in total. The average molecular weight is 296 g/mol. The van der Waals surface area contributed by atoms with Gasteiger partial charge in [-0.2, -0.15) is 0 Å². The monoisotopic (exact) mass is 296 g/mol. The minimum Gasteiger partial charge on any atom is -0.375 e. The third-order valence-corrected chi connectivity index (χ3v) is 5.00. The maximum atomic E-state index is 6.27. The van der Waals surface area contributed by atoms with E-state index < -0.39 is 0 Å². The number of hydrogen-bond donors (Lipinski definition) is 0. The summed E-state index contributed by atoms with van der Waals surface area (Å²) in [5, 5.41) is 2.66. The number of ether oxygens (including phenoxy) is 1. The van der Waals surface area contributed by atoms with Gasteiger partial charge in [0.05, 0.1) is 12.2 Å². The topological polar surface area (TPSA) is 9.23 Å². The minimum atomic E-state index is 0.351. The van der Waals surface area contributed by atoms with Crippen molar-refractivity contribution in [2.45, 2.75) is 70.5 Å². The van der Waals surface area contributed by atoms with Gasteiger partial charge in [-0.3, -0.25) is 0 Å². The van der Waals surface area contributed by atoms with Crippen LogP contribution in [0.2, 0.25) is 0 Å². The van der Waals surface area contributed by atoms with Crippen LogP contribution in [0.3, 0.4) is 0 Å². The third kappa shape index (κ3) is 3.89. The highest BCUT2D eigenvalue weighted by Crippen LogP contribution is 2.28. The predicted octanol–water partition coefficient (Wildman–Crippen LogP) is 6.07. The van der Waals surface area contributed by atoms with Crippen LogP contribution in [-0.4, -0.2) is 12.2 Å². The van der Waals surface area contributed by atoms with Crippen LogP contribution in [0.25, 0.3) is 10.8 Å². The Morgan fingerprint density at radius 1 is 0.955 bits per heavy atom. The molecule has 22 heavy (non-hydrogen) atoms. The van der Waals surface area contributed by atoms with Crippen LogP contribution in [0.1, 0.15) is 63.9 Å². The fourth-order valence-corrected chi connectivity index (χ4v) is 3.73. The van der Waals surface area contributed by atoms with Crippen LogP contribution >= 0.6 is 0 Å². The molecule has 0 amide bonds. The first-order valence-corrected chi connectivity index (χ1v) is 8.86. The second kappa shape index (κ2) is 7.28. The molecule has 0 bridgehead atoms. The van der Waals surface area contributed by atoms with Gasteiger partial charge in [0.1, 0.15) is 0 Å². The lowest BCUT2D eigenvalue weighted by atomic mass is 9.93. The van der Waals surface area contributed by atoms with Crippen molar-refractivity contribution >= 4 is 10.8 Å². The van der Waals surface area contributed by atoms with E-state index in [4.69, 9.17) is 4.74 Å². The van der Waals surface area contributed by atoms with Crippen molar-refractivity contribution in [1.82, 2.24) is 0 Å². The molecule has 0 aliphatic heterocycles. The molecule has 0 saturated heterocycles. The first-order valence-electron chi connectivity index (χ1n) is 8.86. The smallest absolute Gasteiger partial charge is 0.0578 e. The van der Waals surface area contributed by atoms with E-state index >= 15 is 0 Å². The van der Waals surface area contributed by atoms with Crippen LogP contribution in [0.5, 0.6) is 0 Å². The molecule has 1 fully saturated rings. The Balaban J connectivity index is 1.60. The minimum absolute atomic E-state index is 0.351. The molecular weight excluding hydrogens is 268 g/mol. The molecular formula is C21H28O. The predicted molar refractivity (Wildman–Crippen MR) is 94.4 cm³/mol. The Labute approximate surface area is 134 Å². The Morgan fingerprint density at radius 2 is 1.68 bits per heavy atom. The molecule has 118 valence electrons. The maximum absolute atomic E-state index is 6.27. The number of benzene rings is 2. The summed E-state index contributed by atoms with van der Waals surface area (Å²) in [4.78, 5) is 0. The van der Waals surface area contributed by atoms with E-state index in [1.807, 2.05) is 0 Å². The van der Waals surface area contributed by atoms with Gasteiger partial charge in [0, 0.05) is 0 Å². The molecule has 0 spiro atoms. The van der Waals surface area contributed by atoms with E-state index in [0.717, 1.165) is 6.42 Å². The van der Waals surface area contributed by atoms with E-state index in [9.17, 15) is 0 Å². The van der Waals surface area contributed by atoms with Crippen LogP contribution in [-0.2, 0) is 4.74 Å². The number of rotatable bonds is 5. The summed E-state index contributed by atoms with van der Waals surface area (Å²) in [7, 11) is 0. The molecule has 2 unspecified atom stereocenters. The zero-order valence-electron chi connectivity index (χ0n) is 13.9. The van der Waals surface area contributed by atoms with Gasteiger partial charge in [-0.15, -0.1) is 0 Å². The van der Waals surface area contributed by atoms with Crippen molar-refractivity contribution in [3.63, 3.8) is 0 Å². The summed E-state index contributed by atoms with van der Waals surface area (Å²) in [5.41, 5.74) is 1.43. The molecule has 3 rings (SSSR count). The highest BCUT2D eigenvalue weighted by Gasteiger charge is 2.18. The van der Waals surface area contributed by atoms with Crippen molar-refractivity contribution in [3.05, 3.63) is 48.0 Å². The summed E-state index contributed by atoms with van der Waals surface area (Å²) < 4.78 is 6.27. The van der Waals surface area contributed by atoms with Gasteiger partial charge in [0.15, 0.2) is 0 Å². The maximum Gasteiger partial charge on any atom is 0.0578 e. The van der Waals surface area contributed by atoms with Crippen molar-refractivity contribution in [2.75, 3.05) is 0 Å². The lowest BCUT2D eigenvalue weighted by Crippen LogP contribution is -2.23. The lowest BCUT2D eigenvalue weighted by Gasteiger charge is -2.27. The van der Waals surface area contributed by atoms with Gasteiger partial charge >= 0.3 is 0 Å². The van der Waals surface area contributed by atoms with E-state index in [0.29, 0.717) is 18.1 Å². The molecule has 0 aromatic heterocycles. The molecule has 1 saturated carbocycles. The fraction of sp³-hybridized carbons (Fsp3) is 0.524. The Bertz CT molecular complexity index is 598. The summed E-state index contributed by atoms with van der Waals surface area (Å²) in [5.74, 6) is 0.545. The molecule has 2 atom stereocenters.